The predicted molar refractivity (Wildman–Crippen MR) is 72.9 cm³/mol. The third-order valence-corrected chi connectivity index (χ3v) is 2.83. The van der Waals surface area contributed by atoms with E-state index in [1.165, 1.54) is 14.2 Å². The van der Waals surface area contributed by atoms with Crippen molar-refractivity contribution in [3.63, 3.8) is 0 Å². The fourth-order valence-electron chi connectivity index (χ4n) is 1.75. The van der Waals surface area contributed by atoms with Crippen LogP contribution in [0.1, 0.15) is 18.4 Å². The topological polar surface area (TPSA) is 61.8 Å². The van der Waals surface area contributed by atoms with Crippen molar-refractivity contribution >= 4 is 11.9 Å². The number of rotatable bonds is 8. The molecule has 0 aliphatic heterocycles. The van der Waals surface area contributed by atoms with Crippen LogP contribution in [0.15, 0.2) is 30.3 Å². The molecule has 110 valence electrons. The molecular formula is C15H20O5. The Bertz CT molecular complexity index is 398. The fourth-order valence-corrected chi connectivity index (χ4v) is 1.75. The van der Waals surface area contributed by atoms with Crippen molar-refractivity contribution in [2.24, 2.45) is 5.92 Å². The molecule has 20 heavy (non-hydrogen) atoms. The van der Waals surface area contributed by atoms with Crippen molar-refractivity contribution in [2.75, 3.05) is 20.8 Å². The van der Waals surface area contributed by atoms with Crippen molar-refractivity contribution in [1.29, 1.82) is 0 Å². The molecule has 0 aliphatic carbocycles. The summed E-state index contributed by atoms with van der Waals surface area (Å²) in [6, 6.07) is 9.70. The lowest BCUT2D eigenvalue weighted by molar-refractivity contribution is -0.145. The van der Waals surface area contributed by atoms with Gasteiger partial charge in [-0.15, -0.1) is 0 Å². The lowest BCUT2D eigenvalue weighted by atomic mass is 10.0. The molecule has 0 spiro atoms. The monoisotopic (exact) mass is 280 g/mol. The normalized spacial score (nSPS) is 10.3. The SMILES string of the molecule is COC(=O)CC(COCc1ccccc1)CC(=O)OC. The number of esters is 2. The minimum absolute atomic E-state index is 0.139. The zero-order valence-electron chi connectivity index (χ0n) is 11.8. The van der Waals surface area contributed by atoms with Gasteiger partial charge in [0.1, 0.15) is 0 Å². The Morgan fingerprint density at radius 3 is 2.05 bits per heavy atom. The molecule has 0 amide bonds. The molecule has 0 saturated carbocycles. The molecule has 0 unspecified atom stereocenters. The molecule has 0 saturated heterocycles. The summed E-state index contributed by atoms with van der Waals surface area (Å²) in [7, 11) is 2.64. The Balaban J connectivity index is 2.42. The summed E-state index contributed by atoms with van der Waals surface area (Å²) in [5.41, 5.74) is 1.04. The number of benzene rings is 1. The lowest BCUT2D eigenvalue weighted by Gasteiger charge is -2.14. The van der Waals surface area contributed by atoms with E-state index >= 15 is 0 Å². The standard InChI is InChI=1S/C15H20O5/c1-18-14(16)8-13(9-15(17)19-2)11-20-10-12-6-4-3-5-7-12/h3-7,13H,8-11H2,1-2H3. The van der Waals surface area contributed by atoms with Gasteiger partial charge in [-0.25, -0.2) is 0 Å². The average Bonchev–Trinajstić information content (AvgIpc) is 2.47. The van der Waals surface area contributed by atoms with Crippen LogP contribution >= 0.6 is 0 Å². The maximum Gasteiger partial charge on any atom is 0.305 e. The molecule has 1 rings (SSSR count). The molecule has 5 nitrogen and oxygen atoms in total. The summed E-state index contributed by atoms with van der Waals surface area (Å²) >= 11 is 0. The van der Waals surface area contributed by atoms with Crippen LogP contribution in [0.5, 0.6) is 0 Å². The number of ether oxygens (including phenoxy) is 3. The van der Waals surface area contributed by atoms with Gasteiger partial charge in [0.25, 0.3) is 0 Å². The maximum atomic E-state index is 11.3. The lowest BCUT2D eigenvalue weighted by Crippen LogP contribution is -2.19. The van der Waals surface area contributed by atoms with E-state index < -0.39 is 0 Å². The first-order valence-corrected chi connectivity index (χ1v) is 6.41. The number of carbonyl (C=O) groups is 2. The molecule has 1 aromatic carbocycles. The molecule has 0 aromatic heterocycles. The fraction of sp³-hybridized carbons (Fsp3) is 0.467. The Labute approximate surface area is 118 Å². The van der Waals surface area contributed by atoms with Crippen molar-refractivity contribution < 1.29 is 23.8 Å². The third-order valence-electron chi connectivity index (χ3n) is 2.83. The Morgan fingerprint density at radius 1 is 1.00 bits per heavy atom. The molecule has 0 N–H and O–H groups in total. The van der Waals surface area contributed by atoms with Gasteiger partial charge >= 0.3 is 11.9 Å². The van der Waals surface area contributed by atoms with Gasteiger partial charge in [0.15, 0.2) is 0 Å². The summed E-state index contributed by atoms with van der Waals surface area (Å²) in [5, 5.41) is 0. The van der Waals surface area contributed by atoms with E-state index in [0.717, 1.165) is 5.56 Å². The van der Waals surface area contributed by atoms with Gasteiger partial charge in [0.2, 0.25) is 0 Å². The summed E-state index contributed by atoms with van der Waals surface area (Å²) < 4.78 is 14.8. The van der Waals surface area contributed by atoms with Crippen LogP contribution in [0, 0.1) is 5.92 Å². The number of carbonyl (C=O) groups excluding carboxylic acids is 2. The number of methoxy groups -OCH3 is 2. The van der Waals surface area contributed by atoms with Crippen molar-refractivity contribution in [3.05, 3.63) is 35.9 Å². The summed E-state index contributed by atoms with van der Waals surface area (Å²) in [6.07, 6.45) is 0.279. The third kappa shape index (κ3) is 6.33. The van der Waals surface area contributed by atoms with Crippen molar-refractivity contribution in [1.82, 2.24) is 0 Å². The highest BCUT2D eigenvalue weighted by Crippen LogP contribution is 2.13. The number of hydrogen-bond donors (Lipinski definition) is 0. The Kier molecular flexibility index (Phi) is 7.35. The molecule has 0 heterocycles. The molecule has 0 atom stereocenters. The van der Waals surface area contributed by atoms with E-state index in [0.29, 0.717) is 13.2 Å². The summed E-state index contributed by atoms with van der Waals surface area (Å²) in [6.45, 7) is 0.749. The van der Waals surface area contributed by atoms with Crippen LogP contribution in [0.4, 0.5) is 0 Å². The second kappa shape index (κ2) is 9.09. The highest BCUT2D eigenvalue weighted by Gasteiger charge is 2.19. The van der Waals surface area contributed by atoms with Crippen LogP contribution in [0.2, 0.25) is 0 Å². The van der Waals surface area contributed by atoms with E-state index in [9.17, 15) is 9.59 Å². The smallest absolute Gasteiger partial charge is 0.305 e. The molecule has 0 fully saturated rings. The minimum atomic E-state index is -0.359. The molecule has 0 radical (unpaired) electrons. The molecule has 5 heteroatoms. The van der Waals surface area contributed by atoms with Gasteiger partial charge < -0.3 is 14.2 Å². The molecule has 0 bridgehead atoms. The molecular weight excluding hydrogens is 260 g/mol. The van der Waals surface area contributed by atoms with E-state index in [4.69, 9.17) is 4.74 Å². The summed E-state index contributed by atoms with van der Waals surface area (Å²) in [5.74, 6) is -0.956. The average molecular weight is 280 g/mol. The van der Waals surface area contributed by atoms with E-state index in [2.05, 4.69) is 9.47 Å². The van der Waals surface area contributed by atoms with Gasteiger partial charge in [0.05, 0.1) is 40.3 Å². The first-order valence-electron chi connectivity index (χ1n) is 6.41. The second-order valence-electron chi connectivity index (χ2n) is 4.43. The quantitative estimate of drug-likeness (QED) is 0.681. The van der Waals surface area contributed by atoms with Gasteiger partial charge in [-0.1, -0.05) is 30.3 Å². The molecule has 0 aliphatic rings. The van der Waals surface area contributed by atoms with Crippen LogP contribution < -0.4 is 0 Å². The zero-order valence-corrected chi connectivity index (χ0v) is 11.8. The van der Waals surface area contributed by atoms with E-state index in [-0.39, 0.29) is 30.7 Å². The summed E-state index contributed by atoms with van der Waals surface area (Å²) in [4.78, 5) is 22.6. The van der Waals surface area contributed by atoms with Crippen LogP contribution in [0.25, 0.3) is 0 Å². The van der Waals surface area contributed by atoms with E-state index in [1.807, 2.05) is 30.3 Å². The maximum absolute atomic E-state index is 11.3. The van der Waals surface area contributed by atoms with Crippen LogP contribution in [-0.2, 0) is 30.4 Å². The largest absolute Gasteiger partial charge is 0.469 e. The van der Waals surface area contributed by atoms with Crippen LogP contribution in [0.3, 0.4) is 0 Å². The minimum Gasteiger partial charge on any atom is -0.469 e. The van der Waals surface area contributed by atoms with Crippen LogP contribution in [-0.4, -0.2) is 32.8 Å². The number of hydrogen-bond acceptors (Lipinski definition) is 5. The van der Waals surface area contributed by atoms with E-state index in [1.54, 1.807) is 0 Å². The van der Waals surface area contributed by atoms with Gasteiger partial charge in [0, 0.05) is 5.92 Å². The Hall–Kier alpha value is -1.88. The van der Waals surface area contributed by atoms with Gasteiger partial charge in [-0.2, -0.15) is 0 Å². The Morgan fingerprint density at radius 2 is 1.55 bits per heavy atom. The van der Waals surface area contributed by atoms with Gasteiger partial charge in [-0.3, -0.25) is 9.59 Å². The molecule has 1 aromatic rings. The second-order valence-corrected chi connectivity index (χ2v) is 4.43. The zero-order chi connectivity index (χ0) is 14.8. The predicted octanol–water partition coefficient (Wildman–Crippen LogP) is 1.95. The highest BCUT2D eigenvalue weighted by atomic mass is 16.5. The van der Waals surface area contributed by atoms with Crippen molar-refractivity contribution in [2.45, 2.75) is 19.4 Å². The van der Waals surface area contributed by atoms with Crippen molar-refractivity contribution in [3.8, 4) is 0 Å². The highest BCUT2D eigenvalue weighted by molar-refractivity contribution is 5.73. The first kappa shape index (κ1) is 16.2. The van der Waals surface area contributed by atoms with Gasteiger partial charge in [-0.05, 0) is 5.56 Å². The first-order chi connectivity index (χ1) is 9.65.